The highest BCUT2D eigenvalue weighted by atomic mass is 79.9. The van der Waals surface area contributed by atoms with E-state index in [-0.39, 0.29) is 18.9 Å². The van der Waals surface area contributed by atoms with Gasteiger partial charge in [-0.1, -0.05) is 83.5 Å². The van der Waals surface area contributed by atoms with Crippen molar-refractivity contribution >= 4 is 43.5 Å². The van der Waals surface area contributed by atoms with E-state index in [2.05, 4.69) is 21.2 Å². The molecule has 3 aromatic rings. The van der Waals surface area contributed by atoms with Crippen LogP contribution in [0.4, 0.5) is 5.69 Å². The molecule has 0 radical (unpaired) electrons. The Kier molecular flexibility index (Phi) is 9.88. The van der Waals surface area contributed by atoms with E-state index in [1.165, 1.54) is 11.9 Å². The molecule has 0 spiro atoms. The molecule has 0 saturated carbocycles. The van der Waals surface area contributed by atoms with Gasteiger partial charge in [0, 0.05) is 24.5 Å². The van der Waals surface area contributed by atoms with Gasteiger partial charge in [-0.15, -0.1) is 0 Å². The van der Waals surface area contributed by atoms with Gasteiger partial charge < -0.3 is 10.2 Å². The summed E-state index contributed by atoms with van der Waals surface area (Å²) in [5, 5.41) is 2.68. The van der Waals surface area contributed by atoms with E-state index in [0.717, 1.165) is 31.7 Å². The number of sulfonamides is 1. The number of rotatable bonds is 11. The summed E-state index contributed by atoms with van der Waals surface area (Å²) in [5.41, 5.74) is 2.98. The highest BCUT2D eigenvalue weighted by molar-refractivity contribution is 9.10. The number of carbonyl (C=O) groups is 2. The zero-order valence-corrected chi connectivity index (χ0v) is 23.6. The first kappa shape index (κ1) is 28.4. The van der Waals surface area contributed by atoms with Crippen molar-refractivity contribution in [2.45, 2.75) is 32.4 Å². The van der Waals surface area contributed by atoms with Crippen LogP contribution < -0.4 is 9.62 Å². The third kappa shape index (κ3) is 7.66. The number of carbonyl (C=O) groups excluding carboxylic acids is 2. The van der Waals surface area contributed by atoms with E-state index in [4.69, 9.17) is 0 Å². The maximum Gasteiger partial charge on any atom is 0.244 e. The van der Waals surface area contributed by atoms with Crippen molar-refractivity contribution in [2.24, 2.45) is 0 Å². The number of hydrogen-bond acceptors (Lipinski definition) is 4. The van der Waals surface area contributed by atoms with Crippen LogP contribution in [-0.4, -0.2) is 51.0 Å². The molecular weight excluding hydrogens is 554 g/mol. The highest BCUT2D eigenvalue weighted by Crippen LogP contribution is 2.25. The van der Waals surface area contributed by atoms with Gasteiger partial charge >= 0.3 is 0 Å². The summed E-state index contributed by atoms with van der Waals surface area (Å²) in [7, 11) is -2.26. The van der Waals surface area contributed by atoms with Gasteiger partial charge in [-0.2, -0.15) is 0 Å². The molecule has 0 aromatic heterocycles. The highest BCUT2D eigenvalue weighted by Gasteiger charge is 2.33. The number of amides is 2. The summed E-state index contributed by atoms with van der Waals surface area (Å²) in [6.07, 6.45) is 1.98. The van der Waals surface area contributed by atoms with E-state index >= 15 is 0 Å². The van der Waals surface area contributed by atoms with Crippen LogP contribution in [-0.2, 0) is 39.0 Å². The molecule has 196 valence electrons. The Morgan fingerprint density at radius 3 is 2.14 bits per heavy atom. The Hall–Kier alpha value is -3.17. The number of hydrogen-bond donors (Lipinski definition) is 1. The molecule has 9 heteroatoms. The van der Waals surface area contributed by atoms with E-state index in [1.807, 2.05) is 73.7 Å². The summed E-state index contributed by atoms with van der Waals surface area (Å²) in [4.78, 5) is 28.5. The molecule has 3 rings (SSSR count). The molecule has 0 aliphatic heterocycles. The number of aryl methyl sites for hydroxylation is 1. The maximum atomic E-state index is 13.9. The average molecular weight is 587 g/mol. The summed E-state index contributed by atoms with van der Waals surface area (Å²) in [6, 6.07) is 23.2. The first-order valence-corrected chi connectivity index (χ1v) is 14.6. The summed E-state index contributed by atoms with van der Waals surface area (Å²) in [6.45, 7) is 1.65. The Morgan fingerprint density at radius 1 is 0.919 bits per heavy atom. The van der Waals surface area contributed by atoms with Crippen molar-refractivity contribution in [1.82, 2.24) is 10.2 Å². The molecule has 1 N–H and O–H groups in total. The first-order valence-electron chi connectivity index (χ1n) is 12.0. The fourth-order valence-corrected chi connectivity index (χ4v) is 5.30. The topological polar surface area (TPSA) is 86.8 Å². The number of anilines is 1. The minimum atomic E-state index is -3.79. The minimum Gasteiger partial charge on any atom is -0.357 e. The molecule has 3 aromatic carbocycles. The normalized spacial score (nSPS) is 12.0. The lowest BCUT2D eigenvalue weighted by molar-refractivity contribution is -0.139. The van der Waals surface area contributed by atoms with Crippen LogP contribution in [0.3, 0.4) is 0 Å². The van der Waals surface area contributed by atoms with Crippen molar-refractivity contribution in [3.05, 3.63) is 100 Å². The van der Waals surface area contributed by atoms with Crippen LogP contribution in [0.1, 0.15) is 23.6 Å². The minimum absolute atomic E-state index is 0.143. The van der Waals surface area contributed by atoms with Gasteiger partial charge in [0.25, 0.3) is 0 Å². The molecule has 1 atom stereocenters. The third-order valence-corrected chi connectivity index (χ3v) is 7.76. The second-order valence-electron chi connectivity index (χ2n) is 8.72. The zero-order chi connectivity index (χ0) is 27.0. The zero-order valence-electron chi connectivity index (χ0n) is 21.2. The van der Waals surface area contributed by atoms with Gasteiger partial charge in [0.1, 0.15) is 12.6 Å². The van der Waals surface area contributed by atoms with Gasteiger partial charge in [-0.05, 0) is 41.3 Å². The van der Waals surface area contributed by atoms with Gasteiger partial charge in [-0.3, -0.25) is 13.9 Å². The Bertz CT molecular complexity index is 1310. The standard InChI is InChI=1S/C28H32BrN3O4S/c1-4-23-12-8-9-13-25(23)32(37(3,35)36)20-27(33)31(19-22-14-16-24(29)17-15-22)26(28(34)30-2)18-21-10-6-5-7-11-21/h5-17,26H,4,18-20H2,1-3H3,(H,30,34). The Morgan fingerprint density at radius 2 is 1.54 bits per heavy atom. The molecule has 0 fully saturated rings. The van der Waals surface area contributed by atoms with Crippen LogP contribution in [0.5, 0.6) is 0 Å². The largest absolute Gasteiger partial charge is 0.357 e. The van der Waals surface area contributed by atoms with E-state index in [0.29, 0.717) is 12.1 Å². The average Bonchev–Trinajstić information content (AvgIpc) is 2.89. The molecule has 37 heavy (non-hydrogen) atoms. The van der Waals surface area contributed by atoms with Gasteiger partial charge in [0.05, 0.1) is 11.9 Å². The molecule has 2 amide bonds. The monoisotopic (exact) mass is 585 g/mol. The van der Waals surface area contributed by atoms with Crippen LogP contribution in [0, 0.1) is 0 Å². The molecule has 1 unspecified atom stereocenters. The maximum absolute atomic E-state index is 13.9. The summed E-state index contributed by atoms with van der Waals surface area (Å²) in [5.74, 6) is -0.794. The molecule has 7 nitrogen and oxygen atoms in total. The second-order valence-corrected chi connectivity index (χ2v) is 11.5. The van der Waals surface area contributed by atoms with Gasteiger partial charge in [0.15, 0.2) is 0 Å². The van der Waals surface area contributed by atoms with E-state index < -0.39 is 28.5 Å². The lowest BCUT2D eigenvalue weighted by Gasteiger charge is -2.33. The fraction of sp³-hybridized carbons (Fsp3) is 0.286. The number of nitrogens with one attached hydrogen (secondary N) is 1. The van der Waals surface area contributed by atoms with E-state index in [1.54, 1.807) is 12.1 Å². The summed E-state index contributed by atoms with van der Waals surface area (Å²) < 4.78 is 27.8. The second kappa shape index (κ2) is 12.9. The number of benzene rings is 3. The number of para-hydroxylation sites is 1. The lowest BCUT2D eigenvalue weighted by atomic mass is 10.0. The smallest absolute Gasteiger partial charge is 0.244 e. The van der Waals surface area contributed by atoms with Crippen LogP contribution >= 0.6 is 15.9 Å². The van der Waals surface area contributed by atoms with Crippen molar-refractivity contribution in [1.29, 1.82) is 0 Å². The predicted molar refractivity (Wildman–Crippen MR) is 151 cm³/mol. The van der Waals surface area contributed by atoms with Gasteiger partial charge in [0.2, 0.25) is 21.8 Å². The Labute approximate surface area is 227 Å². The van der Waals surface area contributed by atoms with Crippen molar-refractivity contribution in [2.75, 3.05) is 24.2 Å². The third-order valence-electron chi connectivity index (χ3n) is 6.10. The van der Waals surface area contributed by atoms with Crippen molar-refractivity contribution in [3.63, 3.8) is 0 Å². The fourth-order valence-electron chi connectivity index (χ4n) is 4.15. The first-order chi connectivity index (χ1) is 17.6. The number of nitrogens with zero attached hydrogens (tertiary/aromatic N) is 2. The molecular formula is C28H32BrN3O4S. The molecule has 0 heterocycles. The van der Waals surface area contributed by atoms with E-state index in [9.17, 15) is 18.0 Å². The molecule has 0 aliphatic rings. The summed E-state index contributed by atoms with van der Waals surface area (Å²) >= 11 is 3.42. The number of halogens is 1. The quantitative estimate of drug-likeness (QED) is 0.366. The van der Waals surface area contributed by atoms with Crippen molar-refractivity contribution < 1.29 is 18.0 Å². The SMILES string of the molecule is CCc1ccccc1N(CC(=O)N(Cc1ccc(Br)cc1)C(Cc1ccccc1)C(=O)NC)S(C)(=O)=O. The number of likely N-dealkylation sites (N-methyl/N-ethyl adjacent to an activating group) is 1. The van der Waals surface area contributed by atoms with Crippen molar-refractivity contribution in [3.8, 4) is 0 Å². The lowest BCUT2D eigenvalue weighted by Crippen LogP contribution is -2.53. The molecule has 0 bridgehead atoms. The van der Waals surface area contributed by atoms with Crippen LogP contribution in [0.25, 0.3) is 0 Å². The molecule has 0 saturated heterocycles. The molecule has 0 aliphatic carbocycles. The van der Waals surface area contributed by atoms with Crippen LogP contribution in [0.2, 0.25) is 0 Å². The van der Waals surface area contributed by atoms with Gasteiger partial charge in [-0.25, -0.2) is 8.42 Å². The Balaban J connectivity index is 2.04. The van der Waals surface area contributed by atoms with Crippen LogP contribution in [0.15, 0.2) is 83.3 Å². The predicted octanol–water partition coefficient (Wildman–Crippen LogP) is 4.16.